The van der Waals surface area contributed by atoms with Crippen LogP contribution < -0.4 is 5.32 Å². The Bertz CT molecular complexity index is 783. The first-order valence-corrected chi connectivity index (χ1v) is 9.52. The zero-order valence-corrected chi connectivity index (χ0v) is 16.3. The van der Waals surface area contributed by atoms with E-state index in [2.05, 4.69) is 22.0 Å². The van der Waals surface area contributed by atoms with Crippen molar-refractivity contribution in [3.63, 3.8) is 0 Å². The van der Waals surface area contributed by atoms with Crippen LogP contribution in [0, 0.1) is 19.7 Å². The number of benzene rings is 2. The van der Waals surface area contributed by atoms with Gasteiger partial charge in [-0.2, -0.15) is 0 Å². The molecule has 5 heteroatoms. The van der Waals surface area contributed by atoms with Crippen LogP contribution >= 0.6 is 0 Å². The number of carbonyl (C=O) groups excluding carboxylic acids is 1. The number of anilines is 1. The minimum absolute atomic E-state index is 0.0312. The molecule has 1 saturated heterocycles. The maximum atomic E-state index is 13.1. The van der Waals surface area contributed by atoms with Gasteiger partial charge >= 0.3 is 0 Å². The van der Waals surface area contributed by atoms with Crippen molar-refractivity contribution in [1.82, 2.24) is 9.80 Å². The molecular formula is C22H28FN3O. The molecule has 1 amide bonds. The highest BCUT2D eigenvalue weighted by atomic mass is 19.1. The molecule has 1 heterocycles. The van der Waals surface area contributed by atoms with Crippen LogP contribution in [-0.2, 0) is 4.79 Å². The van der Waals surface area contributed by atoms with E-state index in [4.69, 9.17) is 0 Å². The van der Waals surface area contributed by atoms with Crippen LogP contribution in [0.3, 0.4) is 0 Å². The molecule has 1 aliphatic rings. The van der Waals surface area contributed by atoms with Crippen LogP contribution in [-0.4, -0.2) is 48.4 Å². The van der Waals surface area contributed by atoms with E-state index in [9.17, 15) is 9.18 Å². The van der Waals surface area contributed by atoms with Gasteiger partial charge in [-0.15, -0.1) is 0 Å². The molecule has 0 unspecified atom stereocenters. The van der Waals surface area contributed by atoms with Gasteiger partial charge in [-0.3, -0.25) is 14.6 Å². The van der Waals surface area contributed by atoms with E-state index in [1.165, 1.54) is 17.7 Å². The number of amides is 1. The molecule has 0 spiro atoms. The molecule has 1 aliphatic heterocycles. The Balaban J connectivity index is 1.49. The van der Waals surface area contributed by atoms with Crippen molar-refractivity contribution in [2.45, 2.75) is 26.8 Å². The van der Waals surface area contributed by atoms with Gasteiger partial charge in [-0.1, -0.05) is 24.3 Å². The fraction of sp³-hybridized carbons (Fsp3) is 0.409. The molecule has 0 radical (unpaired) electrons. The van der Waals surface area contributed by atoms with E-state index in [0.717, 1.165) is 43.0 Å². The number of carbonyl (C=O) groups is 1. The second-order valence-electron chi connectivity index (χ2n) is 7.34. The molecule has 0 aromatic heterocycles. The number of rotatable bonds is 5. The van der Waals surface area contributed by atoms with E-state index in [-0.39, 0.29) is 17.8 Å². The second kappa shape index (κ2) is 8.63. The molecule has 27 heavy (non-hydrogen) atoms. The predicted molar refractivity (Wildman–Crippen MR) is 107 cm³/mol. The first-order valence-electron chi connectivity index (χ1n) is 9.52. The number of aryl methyl sites for hydroxylation is 1. The number of piperazine rings is 1. The zero-order valence-electron chi connectivity index (χ0n) is 16.3. The summed E-state index contributed by atoms with van der Waals surface area (Å²) in [7, 11) is 0. The molecule has 2 aromatic rings. The highest BCUT2D eigenvalue weighted by molar-refractivity contribution is 5.93. The molecule has 2 aromatic carbocycles. The van der Waals surface area contributed by atoms with Gasteiger partial charge in [0, 0.05) is 37.9 Å². The highest BCUT2D eigenvalue weighted by Gasteiger charge is 2.23. The second-order valence-corrected chi connectivity index (χ2v) is 7.34. The van der Waals surface area contributed by atoms with Crippen molar-refractivity contribution in [2.75, 3.05) is 38.0 Å². The van der Waals surface area contributed by atoms with Crippen LogP contribution in [0.1, 0.15) is 29.7 Å². The van der Waals surface area contributed by atoms with Crippen LogP contribution in [0.4, 0.5) is 10.1 Å². The SMILES string of the molecule is Cc1cccc(NC(=O)CN2CCN([C@@H](C)c3ccc(F)cc3)CC2)c1C. The van der Waals surface area contributed by atoms with E-state index in [1.807, 2.05) is 44.2 Å². The van der Waals surface area contributed by atoms with Crippen LogP contribution in [0.5, 0.6) is 0 Å². The van der Waals surface area contributed by atoms with Gasteiger partial charge in [-0.25, -0.2) is 4.39 Å². The largest absolute Gasteiger partial charge is 0.325 e. The Morgan fingerprint density at radius 3 is 2.41 bits per heavy atom. The monoisotopic (exact) mass is 369 g/mol. The van der Waals surface area contributed by atoms with Gasteiger partial charge < -0.3 is 5.32 Å². The van der Waals surface area contributed by atoms with Crippen molar-refractivity contribution in [3.8, 4) is 0 Å². The number of hydrogen-bond donors (Lipinski definition) is 1. The third-order valence-corrected chi connectivity index (χ3v) is 5.55. The van der Waals surface area contributed by atoms with E-state index in [1.54, 1.807) is 0 Å². The van der Waals surface area contributed by atoms with Crippen LogP contribution in [0.15, 0.2) is 42.5 Å². The molecule has 1 atom stereocenters. The van der Waals surface area contributed by atoms with Crippen molar-refractivity contribution in [1.29, 1.82) is 0 Å². The molecule has 1 fully saturated rings. The fourth-order valence-corrected chi connectivity index (χ4v) is 3.54. The first-order chi connectivity index (χ1) is 12.9. The van der Waals surface area contributed by atoms with Crippen molar-refractivity contribution in [3.05, 3.63) is 65.0 Å². The molecule has 1 N–H and O–H groups in total. The van der Waals surface area contributed by atoms with Gasteiger partial charge in [0.05, 0.1) is 6.54 Å². The lowest BCUT2D eigenvalue weighted by Gasteiger charge is -2.38. The zero-order chi connectivity index (χ0) is 19.4. The lowest BCUT2D eigenvalue weighted by Crippen LogP contribution is -2.49. The predicted octanol–water partition coefficient (Wildman–Crippen LogP) is 3.76. The summed E-state index contributed by atoms with van der Waals surface area (Å²) < 4.78 is 13.1. The lowest BCUT2D eigenvalue weighted by atomic mass is 10.1. The van der Waals surface area contributed by atoms with Gasteiger partial charge in [0.15, 0.2) is 0 Å². The normalized spacial score (nSPS) is 16.9. The number of halogens is 1. The summed E-state index contributed by atoms with van der Waals surface area (Å²) in [6.07, 6.45) is 0. The van der Waals surface area contributed by atoms with Gasteiger partial charge in [0.25, 0.3) is 0 Å². The maximum Gasteiger partial charge on any atom is 0.238 e. The quantitative estimate of drug-likeness (QED) is 0.872. The summed E-state index contributed by atoms with van der Waals surface area (Å²) in [6.45, 7) is 10.1. The summed E-state index contributed by atoms with van der Waals surface area (Å²) in [5.74, 6) is -0.172. The van der Waals surface area contributed by atoms with E-state index in [0.29, 0.717) is 6.54 Å². The molecular weight excluding hydrogens is 341 g/mol. The van der Waals surface area contributed by atoms with Crippen molar-refractivity contribution < 1.29 is 9.18 Å². The smallest absolute Gasteiger partial charge is 0.238 e. The average Bonchev–Trinajstić information content (AvgIpc) is 2.66. The minimum atomic E-state index is -0.203. The summed E-state index contributed by atoms with van der Waals surface area (Å²) >= 11 is 0. The molecule has 0 saturated carbocycles. The van der Waals surface area contributed by atoms with Crippen molar-refractivity contribution in [2.24, 2.45) is 0 Å². The number of nitrogens with one attached hydrogen (secondary N) is 1. The Kier molecular flexibility index (Phi) is 6.24. The van der Waals surface area contributed by atoms with Crippen molar-refractivity contribution >= 4 is 11.6 Å². The van der Waals surface area contributed by atoms with E-state index < -0.39 is 0 Å². The summed E-state index contributed by atoms with van der Waals surface area (Å²) in [5, 5.41) is 3.03. The van der Waals surface area contributed by atoms with Crippen LogP contribution in [0.25, 0.3) is 0 Å². The fourth-order valence-electron chi connectivity index (χ4n) is 3.54. The third-order valence-electron chi connectivity index (χ3n) is 5.55. The first kappa shape index (κ1) is 19.5. The van der Waals surface area contributed by atoms with E-state index >= 15 is 0 Å². The topological polar surface area (TPSA) is 35.6 Å². The Morgan fingerprint density at radius 2 is 1.74 bits per heavy atom. The molecule has 0 aliphatic carbocycles. The maximum absolute atomic E-state index is 13.1. The third kappa shape index (κ3) is 4.93. The highest BCUT2D eigenvalue weighted by Crippen LogP contribution is 2.22. The lowest BCUT2D eigenvalue weighted by molar-refractivity contribution is -0.117. The molecule has 144 valence electrons. The summed E-state index contributed by atoms with van der Waals surface area (Å²) in [6, 6.07) is 12.9. The Hall–Kier alpha value is -2.24. The van der Waals surface area contributed by atoms with Gasteiger partial charge in [0.1, 0.15) is 5.82 Å². The average molecular weight is 369 g/mol. The van der Waals surface area contributed by atoms with Crippen LogP contribution in [0.2, 0.25) is 0 Å². The number of nitrogens with zero attached hydrogens (tertiary/aromatic N) is 2. The van der Waals surface area contributed by atoms with Gasteiger partial charge in [0.2, 0.25) is 5.91 Å². The molecule has 0 bridgehead atoms. The summed E-state index contributed by atoms with van der Waals surface area (Å²) in [4.78, 5) is 17.0. The Labute approximate surface area is 161 Å². The molecule has 3 rings (SSSR count). The standard InChI is InChI=1S/C22H28FN3O/c1-16-5-4-6-21(17(16)2)24-22(27)15-25-11-13-26(14-12-25)18(3)19-7-9-20(23)10-8-19/h4-10,18H,11-15H2,1-3H3,(H,24,27)/t18-/m0/s1. The van der Waals surface area contributed by atoms with Gasteiger partial charge in [-0.05, 0) is 55.7 Å². The summed E-state index contributed by atoms with van der Waals surface area (Å²) in [5.41, 5.74) is 4.31. The Morgan fingerprint density at radius 1 is 1.07 bits per heavy atom. The number of hydrogen-bond acceptors (Lipinski definition) is 3. The molecule has 4 nitrogen and oxygen atoms in total. The minimum Gasteiger partial charge on any atom is -0.325 e.